The number of hydrogen-bond donors (Lipinski definition) is 2. The van der Waals surface area contributed by atoms with Gasteiger partial charge in [0, 0.05) is 37.6 Å². The summed E-state index contributed by atoms with van der Waals surface area (Å²) in [5, 5.41) is 0. The Morgan fingerprint density at radius 1 is 1.11 bits per heavy atom. The Hall–Kier alpha value is -3.30. The van der Waals surface area contributed by atoms with Gasteiger partial charge in [0.25, 0.3) is 17.4 Å². The number of carbonyl (C=O) groups is 2. The van der Waals surface area contributed by atoms with Gasteiger partial charge in [-0.2, -0.15) is 13.2 Å². The van der Waals surface area contributed by atoms with Gasteiger partial charge in [-0.3, -0.25) is 25.2 Å². The molecule has 7 nitrogen and oxygen atoms in total. The molecule has 0 aliphatic heterocycles. The molecule has 0 atom stereocenters. The van der Waals surface area contributed by atoms with E-state index in [1.807, 2.05) is 0 Å². The fourth-order valence-electron chi connectivity index (χ4n) is 2.14. The van der Waals surface area contributed by atoms with E-state index in [-0.39, 0.29) is 5.56 Å². The predicted molar refractivity (Wildman–Crippen MR) is 92.1 cm³/mol. The lowest BCUT2D eigenvalue weighted by Gasteiger charge is -2.14. The first-order valence-electron chi connectivity index (χ1n) is 7.72. The van der Waals surface area contributed by atoms with E-state index in [0.717, 1.165) is 11.8 Å². The summed E-state index contributed by atoms with van der Waals surface area (Å²) in [4.78, 5) is 37.3. The first-order valence-corrected chi connectivity index (χ1v) is 7.72. The molecule has 0 spiro atoms. The maximum absolute atomic E-state index is 12.7. The average molecular weight is 382 g/mol. The van der Waals surface area contributed by atoms with Crippen molar-refractivity contribution >= 4 is 17.5 Å². The van der Waals surface area contributed by atoms with E-state index >= 15 is 0 Å². The summed E-state index contributed by atoms with van der Waals surface area (Å²) in [5.41, 5.74) is 3.44. The van der Waals surface area contributed by atoms with Gasteiger partial charge >= 0.3 is 6.18 Å². The first kappa shape index (κ1) is 20.0. The molecule has 10 heteroatoms. The average Bonchev–Trinajstić information content (AvgIpc) is 2.60. The second-order valence-electron chi connectivity index (χ2n) is 5.83. The molecule has 2 aromatic rings. The Bertz CT molecular complexity index is 907. The molecule has 0 unspecified atom stereocenters. The van der Waals surface area contributed by atoms with Crippen molar-refractivity contribution in [1.29, 1.82) is 0 Å². The van der Waals surface area contributed by atoms with E-state index in [4.69, 9.17) is 0 Å². The van der Waals surface area contributed by atoms with Crippen LogP contribution in [0.4, 0.5) is 18.9 Å². The summed E-state index contributed by atoms with van der Waals surface area (Å²) in [7, 11) is 3.59. The molecular weight excluding hydrogens is 365 g/mol. The highest BCUT2D eigenvalue weighted by atomic mass is 19.4. The molecule has 2 rings (SSSR count). The standard InChI is InChI=1S/C17H17F3N4O3/c1-23(2)13-5-3-4-11(8-13)16(27)22-21-14(25)10-24-9-12(17(18,19)20)6-7-15(24)26/h3-9H,10H2,1-2H3,(H,21,25)(H,22,27). The van der Waals surface area contributed by atoms with Gasteiger partial charge in [-0.1, -0.05) is 6.07 Å². The van der Waals surface area contributed by atoms with E-state index in [1.54, 1.807) is 37.2 Å². The van der Waals surface area contributed by atoms with Gasteiger partial charge in [0.15, 0.2) is 0 Å². The van der Waals surface area contributed by atoms with Gasteiger partial charge in [0.1, 0.15) is 6.54 Å². The van der Waals surface area contributed by atoms with Crippen molar-refractivity contribution in [3.8, 4) is 0 Å². The summed E-state index contributed by atoms with van der Waals surface area (Å²) < 4.78 is 38.7. The second-order valence-corrected chi connectivity index (χ2v) is 5.83. The number of pyridine rings is 1. The maximum Gasteiger partial charge on any atom is 0.417 e. The van der Waals surface area contributed by atoms with E-state index in [0.29, 0.717) is 16.8 Å². The summed E-state index contributed by atoms with van der Waals surface area (Å²) in [6.45, 7) is -0.680. The zero-order valence-electron chi connectivity index (χ0n) is 14.5. The number of hydrogen-bond acceptors (Lipinski definition) is 4. The summed E-state index contributed by atoms with van der Waals surface area (Å²) in [6, 6.07) is 7.94. The number of carbonyl (C=O) groups excluding carboxylic acids is 2. The van der Waals surface area contributed by atoms with Crippen LogP contribution in [0.2, 0.25) is 0 Å². The van der Waals surface area contributed by atoms with Crippen LogP contribution in [-0.4, -0.2) is 30.5 Å². The highest BCUT2D eigenvalue weighted by Crippen LogP contribution is 2.27. The van der Waals surface area contributed by atoms with Crippen molar-refractivity contribution in [3.63, 3.8) is 0 Å². The van der Waals surface area contributed by atoms with E-state index in [9.17, 15) is 27.6 Å². The number of rotatable bonds is 4. The number of aromatic nitrogens is 1. The van der Waals surface area contributed by atoms with Crippen molar-refractivity contribution < 1.29 is 22.8 Å². The number of amides is 2. The van der Waals surface area contributed by atoms with Crippen molar-refractivity contribution in [3.05, 3.63) is 64.1 Å². The molecule has 2 N–H and O–H groups in total. The summed E-state index contributed by atoms with van der Waals surface area (Å²) >= 11 is 0. The van der Waals surface area contributed by atoms with Crippen molar-refractivity contribution in [2.24, 2.45) is 0 Å². The maximum atomic E-state index is 12.7. The zero-order valence-corrected chi connectivity index (χ0v) is 14.5. The molecule has 2 amide bonds. The van der Waals surface area contributed by atoms with Crippen LogP contribution >= 0.6 is 0 Å². The first-order chi connectivity index (χ1) is 12.6. The smallest absolute Gasteiger partial charge is 0.378 e. The van der Waals surface area contributed by atoms with Gasteiger partial charge in [0.2, 0.25) is 0 Å². The number of alkyl halides is 3. The molecule has 0 aliphatic rings. The molecule has 0 saturated heterocycles. The molecule has 0 bridgehead atoms. The molecule has 1 heterocycles. The molecule has 0 aliphatic carbocycles. The van der Waals surface area contributed by atoms with Crippen LogP contribution in [0.25, 0.3) is 0 Å². The Kier molecular flexibility index (Phi) is 5.88. The van der Waals surface area contributed by atoms with Crippen LogP contribution in [0.15, 0.2) is 47.4 Å². The van der Waals surface area contributed by atoms with Crippen molar-refractivity contribution in [2.45, 2.75) is 12.7 Å². The third kappa shape index (κ3) is 5.33. The van der Waals surface area contributed by atoms with Crippen molar-refractivity contribution in [2.75, 3.05) is 19.0 Å². The quantitative estimate of drug-likeness (QED) is 0.783. The molecule has 1 aromatic carbocycles. The predicted octanol–water partition coefficient (Wildman–Crippen LogP) is 1.39. The molecule has 144 valence electrons. The Balaban J connectivity index is 2.02. The largest absolute Gasteiger partial charge is 0.417 e. The lowest BCUT2D eigenvalue weighted by Crippen LogP contribution is -2.44. The van der Waals surface area contributed by atoms with E-state index in [2.05, 4.69) is 10.9 Å². The molecule has 0 saturated carbocycles. The highest BCUT2D eigenvalue weighted by molar-refractivity contribution is 5.96. The third-order valence-corrected chi connectivity index (χ3v) is 3.56. The van der Waals surface area contributed by atoms with Crippen LogP contribution in [0.5, 0.6) is 0 Å². The Labute approximate surface area is 152 Å². The third-order valence-electron chi connectivity index (χ3n) is 3.56. The number of anilines is 1. The van der Waals surface area contributed by atoms with Gasteiger partial charge in [-0.05, 0) is 24.3 Å². The zero-order chi connectivity index (χ0) is 20.2. The molecule has 0 radical (unpaired) electrons. The summed E-state index contributed by atoms with van der Waals surface area (Å²) in [6.07, 6.45) is -4.10. The second kappa shape index (κ2) is 7.94. The normalized spacial score (nSPS) is 11.0. The topological polar surface area (TPSA) is 83.4 Å². The van der Waals surface area contributed by atoms with Gasteiger partial charge in [-0.15, -0.1) is 0 Å². The number of halogens is 3. The van der Waals surface area contributed by atoms with Gasteiger partial charge < -0.3 is 9.47 Å². The number of nitrogens with zero attached hydrogens (tertiary/aromatic N) is 2. The fourth-order valence-corrected chi connectivity index (χ4v) is 2.14. The van der Waals surface area contributed by atoms with Crippen LogP contribution in [-0.2, 0) is 17.5 Å². The fraction of sp³-hybridized carbons (Fsp3) is 0.235. The van der Waals surface area contributed by atoms with Gasteiger partial charge in [-0.25, -0.2) is 0 Å². The van der Waals surface area contributed by atoms with Crippen molar-refractivity contribution in [1.82, 2.24) is 15.4 Å². The van der Waals surface area contributed by atoms with E-state index in [1.165, 1.54) is 6.07 Å². The molecule has 0 fully saturated rings. The molecule has 27 heavy (non-hydrogen) atoms. The van der Waals surface area contributed by atoms with E-state index < -0.39 is 35.7 Å². The molecule has 1 aromatic heterocycles. The summed E-state index contributed by atoms with van der Waals surface area (Å²) in [5.74, 6) is -1.46. The Morgan fingerprint density at radius 3 is 2.44 bits per heavy atom. The molecular formula is C17H17F3N4O3. The lowest BCUT2D eigenvalue weighted by molar-refractivity contribution is -0.138. The number of hydrazine groups is 1. The Morgan fingerprint density at radius 2 is 1.81 bits per heavy atom. The van der Waals surface area contributed by atoms with Gasteiger partial charge in [0.05, 0.1) is 5.56 Å². The SMILES string of the molecule is CN(C)c1cccc(C(=O)NNC(=O)Cn2cc(C(F)(F)F)ccc2=O)c1. The van der Waals surface area contributed by atoms with Crippen LogP contribution < -0.4 is 21.3 Å². The minimum absolute atomic E-state index is 0.276. The lowest BCUT2D eigenvalue weighted by atomic mass is 10.2. The minimum atomic E-state index is -4.64. The van der Waals surface area contributed by atoms with Crippen LogP contribution in [0.3, 0.4) is 0 Å². The van der Waals surface area contributed by atoms with Crippen LogP contribution in [0, 0.1) is 0 Å². The monoisotopic (exact) mass is 382 g/mol. The minimum Gasteiger partial charge on any atom is -0.378 e. The highest BCUT2D eigenvalue weighted by Gasteiger charge is 2.31. The number of benzene rings is 1. The van der Waals surface area contributed by atoms with Crippen LogP contribution in [0.1, 0.15) is 15.9 Å². The number of nitrogens with one attached hydrogen (secondary N) is 2.